The molecule has 2 aromatic rings. The maximum atomic E-state index is 15.7. The van der Waals surface area contributed by atoms with Crippen LogP contribution in [0.15, 0.2) is 24.4 Å². The number of aromatic nitrogens is 1. The Balaban J connectivity index is 1.44. The molecule has 0 unspecified atom stereocenters. The molecule has 1 aliphatic carbocycles. The largest absolute Gasteiger partial charge is 0.361 e. The van der Waals surface area contributed by atoms with Crippen molar-refractivity contribution < 1.29 is 22.8 Å². The molecule has 1 saturated carbocycles. The van der Waals surface area contributed by atoms with Crippen LogP contribution in [0.5, 0.6) is 0 Å². The average molecular weight is 465 g/mol. The lowest BCUT2D eigenvalue weighted by molar-refractivity contribution is -0.136. The highest BCUT2D eigenvalue weighted by atomic mass is 35.5. The Kier molecular flexibility index (Phi) is 4.85. The second kappa shape index (κ2) is 7.37. The van der Waals surface area contributed by atoms with Crippen LogP contribution in [0.3, 0.4) is 0 Å². The number of pyridine rings is 1. The number of amides is 2. The van der Waals surface area contributed by atoms with E-state index in [-0.39, 0.29) is 52.4 Å². The van der Waals surface area contributed by atoms with Gasteiger partial charge in [0.05, 0.1) is 22.5 Å². The fourth-order valence-corrected chi connectivity index (χ4v) is 4.67. The van der Waals surface area contributed by atoms with Crippen molar-refractivity contribution in [3.8, 4) is 0 Å². The Bertz CT molecular complexity index is 1140. The number of anilines is 1. The minimum Gasteiger partial charge on any atom is -0.361 e. The van der Waals surface area contributed by atoms with Gasteiger partial charge in [0.2, 0.25) is 5.91 Å². The van der Waals surface area contributed by atoms with Gasteiger partial charge >= 0.3 is 0 Å². The molecule has 10 heteroatoms. The van der Waals surface area contributed by atoms with Crippen molar-refractivity contribution in [1.29, 1.82) is 0 Å². The Morgan fingerprint density at radius 2 is 2.03 bits per heavy atom. The fraction of sp³-hybridized carbons (Fsp3) is 0.409. The molecule has 3 aliphatic rings. The van der Waals surface area contributed by atoms with Crippen LogP contribution < -0.4 is 10.6 Å². The van der Waals surface area contributed by atoms with Gasteiger partial charge in [0.15, 0.2) is 11.6 Å². The van der Waals surface area contributed by atoms with Gasteiger partial charge in [-0.25, -0.2) is 18.2 Å². The molecule has 0 radical (unpaired) electrons. The van der Waals surface area contributed by atoms with Crippen LogP contribution in [0.25, 0.3) is 0 Å². The predicted molar refractivity (Wildman–Crippen MR) is 111 cm³/mol. The zero-order valence-corrected chi connectivity index (χ0v) is 17.8. The van der Waals surface area contributed by atoms with Crippen LogP contribution in [0.2, 0.25) is 5.02 Å². The van der Waals surface area contributed by atoms with E-state index in [1.165, 1.54) is 23.2 Å². The standard InChI is InChI=1S/C22H20ClF3N4O2/c1-22(13-3-2-4-14(23)17(13)25)9-28-20(31)12-6-27-19(18(26)16(12)22)29-10-7-30(8-10)21(32)11-5-15(11)24/h2-4,6,10-11,15H,5,7-9H2,1H3,(H,27,29)(H,28,31)/t11-,15+,22-/m1/s1. The maximum Gasteiger partial charge on any atom is 0.253 e. The first-order valence-electron chi connectivity index (χ1n) is 10.3. The van der Waals surface area contributed by atoms with Crippen LogP contribution in [0.1, 0.15) is 34.8 Å². The van der Waals surface area contributed by atoms with Crippen LogP contribution in [0, 0.1) is 17.6 Å². The van der Waals surface area contributed by atoms with E-state index in [2.05, 4.69) is 15.6 Å². The number of halogens is 4. The summed E-state index contributed by atoms with van der Waals surface area (Å²) in [6.07, 6.45) is 0.454. The third-order valence-electron chi connectivity index (χ3n) is 6.53. The van der Waals surface area contributed by atoms with Crippen LogP contribution in [-0.4, -0.2) is 53.5 Å². The summed E-state index contributed by atoms with van der Waals surface area (Å²) in [7, 11) is 0. The van der Waals surface area contributed by atoms with Crippen LogP contribution in [0.4, 0.5) is 19.0 Å². The molecule has 6 nitrogen and oxygen atoms in total. The lowest BCUT2D eigenvalue weighted by Crippen LogP contribution is -2.57. The maximum absolute atomic E-state index is 15.7. The highest BCUT2D eigenvalue weighted by molar-refractivity contribution is 6.30. The summed E-state index contributed by atoms with van der Waals surface area (Å²) in [5.74, 6) is -2.79. The van der Waals surface area contributed by atoms with Crippen molar-refractivity contribution in [3.63, 3.8) is 0 Å². The minimum atomic E-state index is -1.22. The fourth-order valence-electron chi connectivity index (χ4n) is 4.50. The first-order valence-corrected chi connectivity index (χ1v) is 10.7. The number of hydrogen-bond acceptors (Lipinski definition) is 4. The van der Waals surface area contributed by atoms with E-state index in [1.54, 1.807) is 13.0 Å². The van der Waals surface area contributed by atoms with E-state index in [4.69, 9.17) is 11.6 Å². The van der Waals surface area contributed by atoms with Gasteiger partial charge in [0.25, 0.3) is 5.91 Å². The Morgan fingerprint density at radius 3 is 2.72 bits per heavy atom. The molecule has 1 aromatic carbocycles. The molecular formula is C22H20ClF3N4O2. The monoisotopic (exact) mass is 464 g/mol. The van der Waals surface area contributed by atoms with E-state index in [9.17, 15) is 18.4 Å². The summed E-state index contributed by atoms with van der Waals surface area (Å²) in [6.45, 7) is 2.23. The summed E-state index contributed by atoms with van der Waals surface area (Å²) in [4.78, 5) is 30.0. The Labute approximate surface area is 187 Å². The Hall–Kier alpha value is -2.81. The quantitative estimate of drug-likeness (QED) is 0.729. The summed E-state index contributed by atoms with van der Waals surface area (Å²) in [6, 6.07) is 4.23. The van der Waals surface area contributed by atoms with Gasteiger partial charge in [-0.1, -0.05) is 23.7 Å². The Morgan fingerprint density at radius 1 is 1.31 bits per heavy atom. The molecule has 1 saturated heterocycles. The summed E-state index contributed by atoms with van der Waals surface area (Å²) >= 11 is 5.96. The molecule has 2 aliphatic heterocycles. The summed E-state index contributed by atoms with van der Waals surface area (Å²) in [5, 5.41) is 5.53. The van der Waals surface area contributed by atoms with Crippen LogP contribution in [-0.2, 0) is 10.2 Å². The molecule has 2 amide bonds. The number of likely N-dealkylation sites (tertiary alicyclic amines) is 1. The van der Waals surface area contributed by atoms with E-state index >= 15 is 4.39 Å². The van der Waals surface area contributed by atoms with Crippen molar-refractivity contribution in [3.05, 3.63) is 57.7 Å². The number of nitrogens with zero attached hydrogens (tertiary/aromatic N) is 2. The van der Waals surface area contributed by atoms with Gasteiger partial charge in [-0.3, -0.25) is 9.59 Å². The van der Waals surface area contributed by atoms with Gasteiger partial charge in [-0.15, -0.1) is 0 Å². The number of carbonyl (C=O) groups is 2. The van der Waals surface area contributed by atoms with Crippen molar-refractivity contribution in [2.45, 2.75) is 31.0 Å². The lowest BCUT2D eigenvalue weighted by atomic mass is 9.72. The van der Waals surface area contributed by atoms with Crippen molar-refractivity contribution in [1.82, 2.24) is 15.2 Å². The van der Waals surface area contributed by atoms with Crippen molar-refractivity contribution in [2.75, 3.05) is 25.0 Å². The third-order valence-corrected chi connectivity index (χ3v) is 6.82. The van der Waals surface area contributed by atoms with Gasteiger partial charge in [-0.05, 0) is 19.4 Å². The summed E-state index contributed by atoms with van der Waals surface area (Å²) < 4.78 is 43.7. The third kappa shape index (κ3) is 3.21. The molecule has 1 aromatic heterocycles. The predicted octanol–water partition coefficient (Wildman–Crippen LogP) is 3.04. The molecule has 2 fully saturated rings. The second-order valence-electron chi connectivity index (χ2n) is 8.77. The van der Waals surface area contributed by atoms with Gasteiger partial charge in [0.1, 0.15) is 12.0 Å². The van der Waals surface area contributed by atoms with E-state index < -0.39 is 35.0 Å². The smallest absolute Gasteiger partial charge is 0.253 e. The molecule has 5 rings (SSSR count). The molecular weight excluding hydrogens is 445 g/mol. The number of carbonyl (C=O) groups excluding carboxylic acids is 2. The molecule has 3 atom stereocenters. The minimum absolute atomic E-state index is 0.0199. The van der Waals surface area contributed by atoms with E-state index in [1.807, 2.05) is 0 Å². The number of benzene rings is 1. The first kappa shape index (κ1) is 21.1. The van der Waals surface area contributed by atoms with E-state index in [0.29, 0.717) is 13.1 Å². The first-order chi connectivity index (χ1) is 15.2. The molecule has 32 heavy (non-hydrogen) atoms. The molecule has 0 bridgehead atoms. The second-order valence-corrected chi connectivity index (χ2v) is 9.18. The molecule has 168 valence electrons. The number of hydrogen-bond donors (Lipinski definition) is 2. The zero-order chi connectivity index (χ0) is 22.8. The van der Waals surface area contributed by atoms with E-state index in [0.717, 1.165) is 0 Å². The van der Waals surface area contributed by atoms with Crippen molar-refractivity contribution >= 4 is 29.2 Å². The van der Waals surface area contributed by atoms with Gasteiger partial charge < -0.3 is 15.5 Å². The number of fused-ring (bicyclic) bond motifs is 1. The molecule has 0 spiro atoms. The lowest BCUT2D eigenvalue weighted by Gasteiger charge is -2.41. The normalized spacial score (nSPS) is 26.8. The number of rotatable bonds is 4. The topological polar surface area (TPSA) is 74.3 Å². The SMILES string of the molecule is C[C@]1(c2cccc(Cl)c2F)CNC(=O)c2cnc(NC3CN(C(=O)[C@@H]4C[C@@H]4F)C3)c(F)c21. The van der Waals surface area contributed by atoms with Crippen molar-refractivity contribution in [2.24, 2.45) is 5.92 Å². The van der Waals surface area contributed by atoms with Gasteiger partial charge in [0, 0.05) is 42.4 Å². The number of nitrogens with one attached hydrogen (secondary N) is 2. The molecule has 2 N–H and O–H groups in total. The van der Waals surface area contributed by atoms with Gasteiger partial charge in [-0.2, -0.15) is 0 Å². The zero-order valence-electron chi connectivity index (χ0n) is 17.1. The summed E-state index contributed by atoms with van der Waals surface area (Å²) in [5.41, 5.74) is -1.00. The van der Waals surface area contributed by atoms with Crippen LogP contribution >= 0.6 is 11.6 Å². The highest BCUT2D eigenvalue weighted by Crippen LogP contribution is 2.42. The number of alkyl halides is 1. The highest BCUT2D eigenvalue weighted by Gasteiger charge is 2.48. The molecule has 3 heterocycles. The average Bonchev–Trinajstić information content (AvgIpc) is 3.46.